The summed E-state index contributed by atoms with van der Waals surface area (Å²) in [5, 5.41) is 0. The lowest BCUT2D eigenvalue weighted by Crippen LogP contribution is -1.76. The molecule has 2 aromatic rings. The van der Waals surface area contributed by atoms with E-state index in [2.05, 4.69) is 28.8 Å². The van der Waals surface area contributed by atoms with Crippen molar-refractivity contribution >= 4 is 0 Å². The van der Waals surface area contributed by atoms with Crippen LogP contribution in [0, 0.1) is 0 Å². The van der Waals surface area contributed by atoms with E-state index in [4.69, 9.17) is 0 Å². The highest BCUT2D eigenvalue weighted by molar-refractivity contribution is 5.55. The molecule has 0 spiro atoms. The van der Waals surface area contributed by atoms with E-state index >= 15 is 0 Å². The largest absolute Gasteiger partial charge is 0.345 e. The van der Waals surface area contributed by atoms with Crippen LogP contribution in [0.15, 0.2) is 37.1 Å². The molecule has 0 aliphatic heterocycles. The number of aromatic nitrogens is 3. The summed E-state index contributed by atoms with van der Waals surface area (Å²) in [6, 6.07) is 3.89. The van der Waals surface area contributed by atoms with Crippen molar-refractivity contribution in [2.24, 2.45) is 0 Å². The standard InChI is InChI=1S/C8H7N3.C3H8.C2H6.H2/c1-2-7(4-9-3-1)8-5-10-6-11-8;1-3-2;1-2;/h1-6H,(H,10,11);3H2,1-2H3;1-2H3;1H. The van der Waals surface area contributed by atoms with Gasteiger partial charge >= 0.3 is 0 Å². The summed E-state index contributed by atoms with van der Waals surface area (Å²) in [5.74, 6) is 0. The van der Waals surface area contributed by atoms with E-state index in [1.807, 2.05) is 26.0 Å². The number of H-pyrrole nitrogens is 1. The normalized spacial score (nSPS) is 8.25. The molecule has 2 heterocycles. The highest BCUT2D eigenvalue weighted by Gasteiger charge is 1.94. The van der Waals surface area contributed by atoms with Gasteiger partial charge in [0.05, 0.1) is 18.2 Å². The van der Waals surface area contributed by atoms with Crippen molar-refractivity contribution in [1.82, 2.24) is 15.0 Å². The van der Waals surface area contributed by atoms with Crippen LogP contribution in [0.1, 0.15) is 35.5 Å². The number of aromatic amines is 1. The number of nitrogens with zero attached hydrogens (tertiary/aromatic N) is 2. The van der Waals surface area contributed by atoms with E-state index in [9.17, 15) is 0 Å². The maximum absolute atomic E-state index is 3.99. The molecule has 3 heteroatoms. The van der Waals surface area contributed by atoms with Gasteiger partial charge in [-0.3, -0.25) is 4.98 Å². The molecule has 0 bridgehead atoms. The molecule has 2 aromatic heterocycles. The average molecular weight is 221 g/mol. The molecule has 16 heavy (non-hydrogen) atoms. The van der Waals surface area contributed by atoms with Crippen molar-refractivity contribution in [3.63, 3.8) is 0 Å². The van der Waals surface area contributed by atoms with E-state index in [0.29, 0.717) is 0 Å². The van der Waals surface area contributed by atoms with Crippen LogP contribution in [0.25, 0.3) is 11.3 Å². The third kappa shape index (κ3) is 5.29. The first-order valence-electron chi connectivity index (χ1n) is 5.77. The smallest absolute Gasteiger partial charge is 0.0924 e. The monoisotopic (exact) mass is 221 g/mol. The van der Waals surface area contributed by atoms with Gasteiger partial charge in [-0.05, 0) is 12.1 Å². The van der Waals surface area contributed by atoms with Crippen LogP contribution in [0.2, 0.25) is 0 Å². The van der Waals surface area contributed by atoms with Crippen LogP contribution < -0.4 is 0 Å². The molecule has 0 aliphatic rings. The van der Waals surface area contributed by atoms with E-state index in [1.54, 1.807) is 24.9 Å². The summed E-state index contributed by atoms with van der Waals surface area (Å²) in [4.78, 5) is 10.9. The number of hydrogen-bond donors (Lipinski definition) is 1. The summed E-state index contributed by atoms with van der Waals surface area (Å²) in [5.41, 5.74) is 2.06. The fourth-order valence-electron chi connectivity index (χ4n) is 0.936. The molecule has 90 valence electrons. The molecule has 2 rings (SSSR count). The lowest BCUT2D eigenvalue weighted by molar-refractivity contribution is 1.09. The average Bonchev–Trinajstić information content (AvgIpc) is 2.87. The molecular formula is C13H23N3. The Morgan fingerprint density at radius 1 is 1.19 bits per heavy atom. The molecule has 0 unspecified atom stereocenters. The fraction of sp³-hybridized carbons (Fsp3) is 0.385. The molecule has 0 saturated carbocycles. The van der Waals surface area contributed by atoms with Gasteiger partial charge in [-0.25, -0.2) is 4.98 Å². The Bertz CT molecular complexity index is 333. The Labute approximate surface area is 99.5 Å². The Morgan fingerprint density at radius 2 is 1.88 bits per heavy atom. The third-order valence-corrected chi connectivity index (χ3v) is 1.47. The second-order valence-corrected chi connectivity index (χ2v) is 2.91. The van der Waals surface area contributed by atoms with Crippen molar-refractivity contribution in [3.05, 3.63) is 37.1 Å². The highest BCUT2D eigenvalue weighted by Crippen LogP contribution is 2.12. The maximum atomic E-state index is 3.99. The highest BCUT2D eigenvalue weighted by atomic mass is 14.9. The molecule has 0 aromatic carbocycles. The van der Waals surface area contributed by atoms with Crippen LogP contribution in [0.3, 0.4) is 0 Å². The number of imidazole rings is 1. The SMILES string of the molecule is CC.CCC.[HH].c1cncc(-c2cnc[nH]2)c1. The summed E-state index contributed by atoms with van der Waals surface area (Å²) >= 11 is 0. The van der Waals surface area contributed by atoms with Gasteiger partial charge < -0.3 is 4.98 Å². The fourth-order valence-corrected chi connectivity index (χ4v) is 0.936. The van der Waals surface area contributed by atoms with Gasteiger partial charge in [0.15, 0.2) is 0 Å². The van der Waals surface area contributed by atoms with E-state index in [0.717, 1.165) is 11.3 Å². The number of nitrogens with one attached hydrogen (secondary N) is 1. The van der Waals surface area contributed by atoms with Crippen molar-refractivity contribution in [3.8, 4) is 11.3 Å². The lowest BCUT2D eigenvalue weighted by atomic mass is 10.2. The lowest BCUT2D eigenvalue weighted by Gasteiger charge is -1.92. The van der Waals surface area contributed by atoms with Gasteiger partial charge in [0.2, 0.25) is 0 Å². The van der Waals surface area contributed by atoms with Crippen LogP contribution in [0.5, 0.6) is 0 Å². The molecule has 0 radical (unpaired) electrons. The zero-order valence-corrected chi connectivity index (χ0v) is 10.6. The van der Waals surface area contributed by atoms with Crippen molar-refractivity contribution in [2.75, 3.05) is 0 Å². The van der Waals surface area contributed by atoms with Gasteiger partial charge in [0, 0.05) is 19.4 Å². The Hall–Kier alpha value is -1.64. The van der Waals surface area contributed by atoms with Gasteiger partial charge in [-0.15, -0.1) is 0 Å². The van der Waals surface area contributed by atoms with E-state index in [-0.39, 0.29) is 1.43 Å². The molecule has 0 fully saturated rings. The second-order valence-electron chi connectivity index (χ2n) is 2.91. The summed E-state index contributed by atoms with van der Waals surface area (Å²) in [6.07, 6.45) is 8.23. The van der Waals surface area contributed by atoms with E-state index < -0.39 is 0 Å². The predicted octanol–water partition coefficient (Wildman–Crippen LogP) is 4.16. The van der Waals surface area contributed by atoms with Crippen molar-refractivity contribution in [1.29, 1.82) is 0 Å². The van der Waals surface area contributed by atoms with Gasteiger partial charge in [0.1, 0.15) is 0 Å². The first-order chi connectivity index (χ1) is 7.88. The van der Waals surface area contributed by atoms with Crippen LogP contribution in [-0.2, 0) is 0 Å². The van der Waals surface area contributed by atoms with Crippen LogP contribution in [0.4, 0.5) is 0 Å². The van der Waals surface area contributed by atoms with Crippen molar-refractivity contribution < 1.29 is 1.43 Å². The molecule has 1 N–H and O–H groups in total. The first kappa shape index (κ1) is 14.4. The molecule has 0 aliphatic carbocycles. The third-order valence-electron chi connectivity index (χ3n) is 1.47. The summed E-state index contributed by atoms with van der Waals surface area (Å²) < 4.78 is 0. The summed E-state index contributed by atoms with van der Waals surface area (Å²) in [7, 11) is 0. The van der Waals surface area contributed by atoms with Gasteiger partial charge in [-0.2, -0.15) is 0 Å². The molecule has 0 saturated heterocycles. The van der Waals surface area contributed by atoms with E-state index in [1.165, 1.54) is 6.42 Å². The minimum Gasteiger partial charge on any atom is -0.345 e. The minimum absolute atomic E-state index is 0. The number of pyridine rings is 1. The quantitative estimate of drug-likeness (QED) is 0.785. The Morgan fingerprint density at radius 3 is 2.31 bits per heavy atom. The zero-order chi connectivity index (χ0) is 12.2. The van der Waals surface area contributed by atoms with Crippen LogP contribution in [-0.4, -0.2) is 15.0 Å². The van der Waals surface area contributed by atoms with Crippen molar-refractivity contribution in [2.45, 2.75) is 34.1 Å². The Balaban J connectivity index is 0. The first-order valence-corrected chi connectivity index (χ1v) is 5.77. The second kappa shape index (κ2) is 9.90. The maximum Gasteiger partial charge on any atom is 0.0924 e. The molecule has 0 atom stereocenters. The van der Waals surface area contributed by atoms with Gasteiger partial charge in [0.25, 0.3) is 0 Å². The molecular weight excluding hydrogens is 198 g/mol. The molecule has 3 nitrogen and oxygen atoms in total. The van der Waals surface area contributed by atoms with Gasteiger partial charge in [-0.1, -0.05) is 34.1 Å². The Kier molecular flexibility index (Phi) is 8.88. The topological polar surface area (TPSA) is 41.6 Å². The zero-order valence-electron chi connectivity index (χ0n) is 10.6. The number of rotatable bonds is 1. The predicted molar refractivity (Wildman–Crippen MR) is 71.2 cm³/mol. The van der Waals surface area contributed by atoms with Crippen LogP contribution >= 0.6 is 0 Å². The number of hydrogen-bond acceptors (Lipinski definition) is 2. The minimum atomic E-state index is 0. The molecule has 0 amide bonds. The summed E-state index contributed by atoms with van der Waals surface area (Å²) in [6.45, 7) is 8.25.